The number of benzene rings is 2. The lowest BCUT2D eigenvalue weighted by Crippen LogP contribution is -2.40. The third kappa shape index (κ3) is 2.59. The monoisotopic (exact) mass is 412 g/mol. The summed E-state index contributed by atoms with van der Waals surface area (Å²) >= 11 is 0. The van der Waals surface area contributed by atoms with Crippen LogP contribution in [-0.4, -0.2) is 17.7 Å². The van der Waals surface area contributed by atoms with Gasteiger partial charge in [0.25, 0.3) is 5.91 Å². The Kier molecular flexibility index (Phi) is 3.83. The summed E-state index contributed by atoms with van der Waals surface area (Å²) in [5.74, 6) is 0.267. The van der Waals surface area contributed by atoms with E-state index in [1.54, 1.807) is 24.3 Å². The van der Waals surface area contributed by atoms with Gasteiger partial charge in [0.1, 0.15) is 0 Å². The van der Waals surface area contributed by atoms with Gasteiger partial charge in [0.05, 0.1) is 23.1 Å². The first-order valence-corrected chi connectivity index (χ1v) is 11.0. The minimum atomic E-state index is -0.321. The summed E-state index contributed by atoms with van der Waals surface area (Å²) in [6.07, 6.45) is 5.45. The number of aryl methyl sites for hydroxylation is 2. The molecule has 3 fully saturated rings. The molecule has 5 nitrogen and oxygen atoms in total. The van der Waals surface area contributed by atoms with Gasteiger partial charge in [0, 0.05) is 5.69 Å². The zero-order chi connectivity index (χ0) is 21.4. The second kappa shape index (κ2) is 6.39. The number of allylic oxidation sites excluding steroid dienone is 2. The number of hydrogen-bond donors (Lipinski definition) is 1. The smallest absolute Gasteiger partial charge is 0.257 e. The molecule has 3 amide bonds. The number of nitrogens with zero attached hydrogens (tertiary/aromatic N) is 1. The first-order chi connectivity index (χ1) is 15.0. The maximum atomic E-state index is 13.5. The molecule has 2 aromatic rings. The van der Waals surface area contributed by atoms with Crippen molar-refractivity contribution in [1.82, 2.24) is 0 Å². The number of amides is 3. The molecule has 2 saturated carbocycles. The van der Waals surface area contributed by atoms with Gasteiger partial charge in [-0.3, -0.25) is 14.4 Å². The number of nitrogens with one attached hydrogen (secondary N) is 1. The molecule has 0 aromatic heterocycles. The third-order valence-electron chi connectivity index (χ3n) is 7.82. The third-order valence-corrected chi connectivity index (χ3v) is 7.82. The molecule has 0 radical (unpaired) electrons. The van der Waals surface area contributed by atoms with Gasteiger partial charge < -0.3 is 5.32 Å². The highest BCUT2D eigenvalue weighted by Gasteiger charge is 2.67. The fourth-order valence-corrected chi connectivity index (χ4v) is 6.07. The molecule has 0 unspecified atom stereocenters. The average Bonchev–Trinajstić information content (AvgIpc) is 3.54. The second-order valence-electron chi connectivity index (χ2n) is 9.44. The van der Waals surface area contributed by atoms with Crippen molar-refractivity contribution in [3.05, 3.63) is 71.3 Å². The summed E-state index contributed by atoms with van der Waals surface area (Å²) in [4.78, 5) is 41.4. The highest BCUT2D eigenvalue weighted by Crippen LogP contribution is 2.65. The molecule has 2 bridgehead atoms. The van der Waals surface area contributed by atoms with Crippen LogP contribution in [0.3, 0.4) is 0 Å². The van der Waals surface area contributed by atoms with Gasteiger partial charge in [-0.05, 0) is 79.3 Å². The van der Waals surface area contributed by atoms with E-state index < -0.39 is 0 Å². The predicted molar refractivity (Wildman–Crippen MR) is 118 cm³/mol. The highest BCUT2D eigenvalue weighted by atomic mass is 16.2. The minimum Gasteiger partial charge on any atom is -0.322 e. The van der Waals surface area contributed by atoms with Crippen LogP contribution in [0.4, 0.5) is 11.4 Å². The molecule has 1 N–H and O–H groups in total. The van der Waals surface area contributed by atoms with Crippen LogP contribution in [0.1, 0.15) is 27.9 Å². The minimum absolute atomic E-state index is 0.147. The Hall–Kier alpha value is -3.21. The number of hydrogen-bond acceptors (Lipinski definition) is 3. The zero-order valence-corrected chi connectivity index (χ0v) is 17.5. The Morgan fingerprint density at radius 2 is 1.55 bits per heavy atom. The average molecular weight is 412 g/mol. The van der Waals surface area contributed by atoms with Crippen LogP contribution in [0.15, 0.2) is 54.6 Å². The lowest BCUT2D eigenvalue weighted by molar-refractivity contribution is -0.124. The van der Waals surface area contributed by atoms with E-state index in [1.165, 1.54) is 4.90 Å². The van der Waals surface area contributed by atoms with Gasteiger partial charge in [-0.25, -0.2) is 4.90 Å². The molecule has 1 aliphatic heterocycles. The number of carbonyl (C=O) groups excluding carboxylic acids is 3. The Morgan fingerprint density at radius 1 is 0.903 bits per heavy atom. The summed E-state index contributed by atoms with van der Waals surface area (Å²) in [6.45, 7) is 4.02. The van der Waals surface area contributed by atoms with Crippen LogP contribution < -0.4 is 10.2 Å². The Bertz CT molecular complexity index is 1150. The fraction of sp³-hybridized carbons (Fsp3) is 0.346. The first-order valence-electron chi connectivity index (χ1n) is 11.0. The highest BCUT2D eigenvalue weighted by molar-refractivity contribution is 6.25. The number of imide groups is 1. The van der Waals surface area contributed by atoms with E-state index in [4.69, 9.17) is 0 Å². The summed E-state index contributed by atoms with van der Waals surface area (Å²) in [5.41, 5.74) is 3.66. The van der Waals surface area contributed by atoms with Crippen molar-refractivity contribution in [1.29, 1.82) is 0 Å². The molecule has 6 atom stereocenters. The lowest BCUT2D eigenvalue weighted by Gasteiger charge is -2.37. The Morgan fingerprint density at radius 3 is 2.19 bits per heavy atom. The van der Waals surface area contributed by atoms with Gasteiger partial charge in [0.15, 0.2) is 0 Å². The van der Waals surface area contributed by atoms with Crippen LogP contribution in [0.25, 0.3) is 0 Å². The molecule has 7 rings (SSSR count). The zero-order valence-electron chi connectivity index (χ0n) is 17.5. The molecule has 4 aliphatic carbocycles. The van der Waals surface area contributed by atoms with Gasteiger partial charge in [0.2, 0.25) is 11.8 Å². The van der Waals surface area contributed by atoms with E-state index in [1.807, 2.05) is 32.0 Å². The number of rotatable bonds is 3. The van der Waals surface area contributed by atoms with Crippen LogP contribution in [0.2, 0.25) is 0 Å². The summed E-state index contributed by atoms with van der Waals surface area (Å²) in [6, 6.07) is 12.7. The van der Waals surface area contributed by atoms with Crippen LogP contribution in [0.5, 0.6) is 0 Å². The molecular formula is C26H24N2O3. The van der Waals surface area contributed by atoms with Gasteiger partial charge >= 0.3 is 0 Å². The van der Waals surface area contributed by atoms with Gasteiger partial charge in [-0.1, -0.05) is 30.4 Å². The van der Waals surface area contributed by atoms with E-state index in [2.05, 4.69) is 17.5 Å². The van der Waals surface area contributed by atoms with Crippen molar-refractivity contribution >= 4 is 29.1 Å². The van der Waals surface area contributed by atoms with Crippen molar-refractivity contribution in [2.24, 2.45) is 35.5 Å². The van der Waals surface area contributed by atoms with E-state index in [-0.39, 0.29) is 41.4 Å². The van der Waals surface area contributed by atoms with Gasteiger partial charge in [-0.15, -0.1) is 0 Å². The van der Waals surface area contributed by atoms with Crippen LogP contribution in [-0.2, 0) is 9.59 Å². The van der Waals surface area contributed by atoms with Crippen molar-refractivity contribution in [2.75, 3.05) is 10.2 Å². The predicted octanol–water partition coefficient (Wildman–Crippen LogP) is 4.11. The largest absolute Gasteiger partial charge is 0.322 e. The molecular weight excluding hydrogens is 388 g/mol. The summed E-state index contributed by atoms with van der Waals surface area (Å²) in [7, 11) is 0. The Balaban J connectivity index is 1.34. The van der Waals surface area contributed by atoms with E-state index in [9.17, 15) is 14.4 Å². The molecule has 2 aromatic carbocycles. The van der Waals surface area contributed by atoms with E-state index in [0.717, 1.165) is 17.5 Å². The quantitative estimate of drug-likeness (QED) is 0.609. The van der Waals surface area contributed by atoms with Crippen molar-refractivity contribution in [3.63, 3.8) is 0 Å². The molecule has 5 heteroatoms. The number of carbonyl (C=O) groups is 3. The van der Waals surface area contributed by atoms with Crippen molar-refractivity contribution in [3.8, 4) is 0 Å². The molecule has 1 heterocycles. The SMILES string of the molecule is Cc1ccc(NC(=O)c2ccccc2N2C(=O)[C@@H]3[C@@H]4C=C[C@H]([C@@H]5C[C@H]45)[C@@H]3C2=O)cc1C. The Labute approximate surface area is 181 Å². The van der Waals surface area contributed by atoms with E-state index >= 15 is 0 Å². The van der Waals surface area contributed by atoms with Crippen LogP contribution in [0, 0.1) is 49.4 Å². The maximum Gasteiger partial charge on any atom is 0.257 e. The van der Waals surface area contributed by atoms with Gasteiger partial charge in [-0.2, -0.15) is 0 Å². The fourth-order valence-electron chi connectivity index (χ4n) is 6.07. The summed E-state index contributed by atoms with van der Waals surface area (Å²) in [5, 5.41) is 2.93. The maximum absolute atomic E-state index is 13.5. The molecule has 156 valence electrons. The topological polar surface area (TPSA) is 66.5 Å². The summed E-state index contributed by atoms with van der Waals surface area (Å²) < 4.78 is 0. The first kappa shape index (κ1) is 18.6. The van der Waals surface area contributed by atoms with Crippen LogP contribution >= 0.6 is 0 Å². The normalized spacial score (nSPS) is 32.1. The number of para-hydroxylation sites is 1. The molecule has 0 spiro atoms. The lowest BCUT2D eigenvalue weighted by atomic mass is 9.63. The standard InChI is InChI=1S/C26H24N2O3/c1-13-7-8-15(11-14(13)2)27-24(29)18-5-3-4-6-21(18)28-25(30)22-16-9-10-17(20-12-19(16)20)23(22)26(28)31/h3-11,16-17,19-20,22-23H,12H2,1-2H3,(H,27,29)/t16-,17-,19-,20+,22-,23+/m1/s1. The molecule has 31 heavy (non-hydrogen) atoms. The second-order valence-corrected chi connectivity index (χ2v) is 9.44. The molecule has 1 saturated heterocycles. The van der Waals surface area contributed by atoms with Crippen molar-refractivity contribution < 1.29 is 14.4 Å². The van der Waals surface area contributed by atoms with Crippen molar-refractivity contribution in [2.45, 2.75) is 20.3 Å². The van der Waals surface area contributed by atoms with E-state index in [0.29, 0.717) is 28.8 Å². The number of anilines is 2. The molecule has 5 aliphatic rings.